The molecule has 0 aromatic rings. The molecule has 0 rings (SSSR count). The molecule has 76 valence electrons. The molecule has 5 heteroatoms. The second-order valence-electron chi connectivity index (χ2n) is 2.24. The number of rotatable bonds is 4. The molecule has 0 saturated heterocycles. The van der Waals surface area contributed by atoms with Crippen LogP contribution in [-0.4, -0.2) is 11.9 Å². The Bertz CT molecular complexity index is 120. The molecule has 0 aliphatic carbocycles. The maximum Gasteiger partial charge on any atom is 2.00 e. The van der Waals surface area contributed by atoms with E-state index in [4.69, 9.17) is 0 Å². The Balaban J connectivity index is -0.000000143. The second-order valence-corrected chi connectivity index (χ2v) is 2.24. The molecule has 4 nitrogen and oxygen atoms in total. The smallest absolute Gasteiger partial charge is 0.550 e. The molecule has 0 fully saturated rings. The minimum Gasteiger partial charge on any atom is -0.550 e. The van der Waals surface area contributed by atoms with Crippen LogP contribution in [0.2, 0.25) is 0 Å². The van der Waals surface area contributed by atoms with Crippen molar-refractivity contribution in [2.75, 3.05) is 0 Å². The van der Waals surface area contributed by atoms with E-state index in [1.165, 1.54) is 0 Å². The fourth-order valence-electron chi connectivity index (χ4n) is 0.408. The monoisotopic (exact) mass is 226 g/mol. The molecule has 0 atom stereocenters. The van der Waals surface area contributed by atoms with Crippen molar-refractivity contribution in [3.63, 3.8) is 0 Å². The minimum absolute atomic E-state index is 0. The summed E-state index contributed by atoms with van der Waals surface area (Å²) in [6.45, 7) is 3.60. The van der Waals surface area contributed by atoms with Crippen LogP contribution in [0.1, 0.15) is 39.5 Å². The van der Waals surface area contributed by atoms with Crippen molar-refractivity contribution in [1.82, 2.24) is 0 Å². The van der Waals surface area contributed by atoms with Crippen molar-refractivity contribution in [3.8, 4) is 0 Å². The van der Waals surface area contributed by atoms with E-state index in [-0.39, 0.29) is 30.2 Å². The molecular weight excluding hydrogens is 212 g/mol. The standard InChI is InChI=1S/2C4H8O2.Cr/c2*1-2-3-4(5)6;/h2*2-3H2,1H3,(H,5,6);/q;;+2/p-2. The van der Waals surface area contributed by atoms with Crippen LogP contribution < -0.4 is 10.2 Å². The number of carboxylic acid groups (broad SMARTS) is 2. The Labute approximate surface area is 89.1 Å². The van der Waals surface area contributed by atoms with E-state index in [2.05, 4.69) is 0 Å². The molecule has 0 aliphatic rings. The summed E-state index contributed by atoms with van der Waals surface area (Å²) in [7, 11) is 0. The summed E-state index contributed by atoms with van der Waals surface area (Å²) in [6, 6.07) is 0. The van der Waals surface area contributed by atoms with Gasteiger partial charge in [-0.1, -0.05) is 26.7 Å². The summed E-state index contributed by atoms with van der Waals surface area (Å²) in [4.78, 5) is 19.0. The van der Waals surface area contributed by atoms with Gasteiger partial charge in [0, 0.05) is 11.9 Å². The second kappa shape index (κ2) is 14.0. The third-order valence-electron chi connectivity index (χ3n) is 0.908. The fourth-order valence-corrected chi connectivity index (χ4v) is 0.408. The molecule has 0 heterocycles. The summed E-state index contributed by atoms with van der Waals surface area (Å²) in [6.07, 6.45) is 1.70. The first-order valence-electron chi connectivity index (χ1n) is 3.94. The van der Waals surface area contributed by atoms with Gasteiger partial charge in [-0.25, -0.2) is 0 Å². The molecule has 0 amide bonds. The van der Waals surface area contributed by atoms with Crippen molar-refractivity contribution in [2.45, 2.75) is 39.5 Å². The van der Waals surface area contributed by atoms with Crippen LogP contribution in [-0.2, 0) is 27.0 Å². The summed E-state index contributed by atoms with van der Waals surface area (Å²) in [5.74, 6) is -1.92. The number of hydrogen-bond acceptors (Lipinski definition) is 4. The van der Waals surface area contributed by atoms with Gasteiger partial charge in [-0.15, -0.1) is 0 Å². The van der Waals surface area contributed by atoms with E-state index in [1.807, 2.05) is 0 Å². The number of hydrogen-bond donors (Lipinski definition) is 0. The number of carbonyl (C=O) groups is 2. The molecular formula is C8H14CrO4. The average Bonchev–Trinajstić information content (AvgIpc) is 1.87. The third-order valence-corrected chi connectivity index (χ3v) is 0.908. The van der Waals surface area contributed by atoms with Crippen LogP contribution >= 0.6 is 0 Å². The quantitative estimate of drug-likeness (QED) is 0.620. The van der Waals surface area contributed by atoms with E-state index >= 15 is 0 Å². The van der Waals surface area contributed by atoms with Crippen LogP contribution in [0.15, 0.2) is 0 Å². The van der Waals surface area contributed by atoms with Gasteiger partial charge in [0.2, 0.25) is 0 Å². The number of aliphatic carboxylic acids is 2. The maximum absolute atomic E-state index is 9.49. The van der Waals surface area contributed by atoms with Crippen LogP contribution in [0, 0.1) is 0 Å². The SMILES string of the molecule is CCCC(=O)[O-].CCCC(=O)[O-].[Cr+2]. The molecule has 13 heavy (non-hydrogen) atoms. The first-order chi connectivity index (χ1) is 5.54. The van der Waals surface area contributed by atoms with Gasteiger partial charge in [0.05, 0.1) is 0 Å². The Morgan fingerprint density at radius 1 is 0.923 bits per heavy atom. The molecule has 0 aromatic heterocycles. The molecule has 0 bridgehead atoms. The van der Waals surface area contributed by atoms with Crippen molar-refractivity contribution >= 4 is 11.9 Å². The van der Waals surface area contributed by atoms with E-state index in [0.717, 1.165) is 0 Å². The Morgan fingerprint density at radius 2 is 1.15 bits per heavy atom. The van der Waals surface area contributed by atoms with Crippen LogP contribution in [0.5, 0.6) is 0 Å². The molecule has 0 radical (unpaired) electrons. The normalized spacial score (nSPS) is 7.54. The van der Waals surface area contributed by atoms with Crippen molar-refractivity contribution < 1.29 is 37.2 Å². The predicted octanol–water partition coefficient (Wildman–Crippen LogP) is -0.930. The van der Waals surface area contributed by atoms with Crippen molar-refractivity contribution in [1.29, 1.82) is 0 Å². The van der Waals surface area contributed by atoms with Crippen LogP contribution in [0.4, 0.5) is 0 Å². The van der Waals surface area contributed by atoms with Gasteiger partial charge in [0.15, 0.2) is 0 Å². The van der Waals surface area contributed by atoms with Crippen molar-refractivity contribution in [2.24, 2.45) is 0 Å². The van der Waals surface area contributed by atoms with E-state index in [1.54, 1.807) is 13.8 Å². The van der Waals surface area contributed by atoms with Gasteiger partial charge >= 0.3 is 17.4 Å². The van der Waals surface area contributed by atoms with Gasteiger partial charge < -0.3 is 19.8 Å². The molecule has 0 saturated carbocycles. The maximum atomic E-state index is 9.49. The largest absolute Gasteiger partial charge is 2.00 e. The zero-order chi connectivity index (χ0) is 9.98. The average molecular weight is 226 g/mol. The summed E-state index contributed by atoms with van der Waals surface area (Å²) in [5.41, 5.74) is 0. The van der Waals surface area contributed by atoms with E-state index in [0.29, 0.717) is 12.8 Å². The fraction of sp³-hybridized carbons (Fsp3) is 0.750. The molecule has 0 unspecified atom stereocenters. The first kappa shape index (κ1) is 18.3. The van der Waals surface area contributed by atoms with Crippen LogP contribution in [0.25, 0.3) is 0 Å². The zero-order valence-corrected chi connectivity index (χ0v) is 9.14. The van der Waals surface area contributed by atoms with Gasteiger partial charge in [0.1, 0.15) is 0 Å². The van der Waals surface area contributed by atoms with Crippen LogP contribution in [0.3, 0.4) is 0 Å². The van der Waals surface area contributed by atoms with Gasteiger partial charge in [-0.3, -0.25) is 0 Å². The molecule has 0 N–H and O–H groups in total. The zero-order valence-electron chi connectivity index (χ0n) is 7.87. The summed E-state index contributed by atoms with van der Waals surface area (Å²) in [5, 5.41) is 19.0. The molecule has 0 aliphatic heterocycles. The van der Waals surface area contributed by atoms with Gasteiger partial charge in [-0.2, -0.15) is 0 Å². The van der Waals surface area contributed by atoms with Gasteiger partial charge in [0.25, 0.3) is 0 Å². The van der Waals surface area contributed by atoms with Gasteiger partial charge in [-0.05, 0) is 12.8 Å². The Morgan fingerprint density at radius 3 is 1.15 bits per heavy atom. The summed E-state index contributed by atoms with van der Waals surface area (Å²) >= 11 is 0. The minimum atomic E-state index is -0.961. The number of carboxylic acids is 2. The molecule has 0 spiro atoms. The predicted molar refractivity (Wildman–Crippen MR) is 39.8 cm³/mol. The molecule has 0 aromatic carbocycles. The summed E-state index contributed by atoms with van der Waals surface area (Å²) < 4.78 is 0. The van der Waals surface area contributed by atoms with E-state index < -0.39 is 11.9 Å². The van der Waals surface area contributed by atoms with Crippen molar-refractivity contribution in [3.05, 3.63) is 0 Å². The topological polar surface area (TPSA) is 80.3 Å². The third kappa shape index (κ3) is 34.4. The Kier molecular flexibility index (Phi) is 19.7. The van der Waals surface area contributed by atoms with E-state index in [9.17, 15) is 19.8 Å². The Hall–Kier alpha value is -0.528. The number of carbonyl (C=O) groups excluding carboxylic acids is 2. The first-order valence-corrected chi connectivity index (χ1v) is 3.94.